The Morgan fingerprint density at radius 1 is 0.400 bits per heavy atom. The third kappa shape index (κ3) is 24.5. The average Bonchev–Trinajstić information content (AvgIpc) is 1.39. The first-order valence-corrected chi connectivity index (χ1v) is 34.5. The smallest absolute Gasteiger partial charge is 0.123 e. The number of fused-ring (bicyclic) bond motifs is 3. The summed E-state index contributed by atoms with van der Waals surface area (Å²) in [6.07, 6.45) is 0. The van der Waals surface area contributed by atoms with Crippen LogP contribution in [0.15, 0.2) is 279 Å². The van der Waals surface area contributed by atoms with Gasteiger partial charge >= 0.3 is 0 Å². The highest BCUT2D eigenvalue weighted by molar-refractivity contribution is 7.82. The van der Waals surface area contributed by atoms with Crippen LogP contribution in [0.1, 0.15) is 83.1 Å². The standard InChI is InChI=1S/C19H16S.C13H10S.C10H14S.C8H10OS.2C7H7ClS.C7H7FS.C7H8S/c20-19(16-10-4-1-5-11-16,17-12-6-2-7-13-17)18-14-8-3-9-15-18;14-13-11-7-3-1-5-9(11)10-6-2-4-8-12(10)13;1-7-4-8(2)10(6-11)9(3)5-7;1-9-8-4-2-7(6-10)3-5-8;8-7-3-1-6(5-9)2-4-7;8-7-4-2-1-3-6(7)5-9;8-7-3-1-6(5-9)2-4-7;8-6-7-4-2-1-3-5-7/h1-15,20H;1-8,13-14H;4-5,11H,6H2,1-3H3;2-5,10H,6H2,1H3;3*1-4,9H,5H2;1-5,8H,6H2. The van der Waals surface area contributed by atoms with Crippen molar-refractivity contribution in [3.63, 3.8) is 0 Å². The van der Waals surface area contributed by atoms with Crippen molar-refractivity contribution in [1.82, 2.24) is 0 Å². The molecule has 12 rings (SSSR count). The average molecular weight is 1380 g/mol. The lowest BCUT2D eigenvalue weighted by Gasteiger charge is -2.30. The van der Waals surface area contributed by atoms with Crippen molar-refractivity contribution in [3.8, 4) is 16.9 Å². The molecule has 11 aromatic rings. The molecule has 466 valence electrons. The van der Waals surface area contributed by atoms with Crippen LogP contribution in [-0.2, 0) is 39.3 Å². The van der Waals surface area contributed by atoms with Crippen LogP contribution in [0.5, 0.6) is 5.75 Å². The van der Waals surface area contributed by atoms with E-state index < -0.39 is 4.75 Å². The second kappa shape index (κ2) is 41.9. The molecule has 1 nitrogen and oxygen atoms in total. The van der Waals surface area contributed by atoms with E-state index in [2.05, 4.69) is 255 Å². The van der Waals surface area contributed by atoms with Gasteiger partial charge < -0.3 is 4.74 Å². The quantitative estimate of drug-likeness (QED) is 0.0503. The zero-order chi connectivity index (χ0) is 65.1. The van der Waals surface area contributed by atoms with Crippen LogP contribution >= 0.6 is 124 Å². The third-order valence-electron chi connectivity index (χ3n) is 14.1. The third-order valence-corrected chi connectivity index (χ3v) is 18.1. The Morgan fingerprint density at radius 3 is 1.10 bits per heavy atom. The fourth-order valence-corrected chi connectivity index (χ4v) is 12.2. The summed E-state index contributed by atoms with van der Waals surface area (Å²) in [6, 6.07) is 92.4. The van der Waals surface area contributed by atoms with Crippen LogP contribution < -0.4 is 4.74 Å². The van der Waals surface area contributed by atoms with E-state index in [0.717, 1.165) is 49.9 Å². The molecule has 1 aliphatic carbocycles. The lowest BCUT2D eigenvalue weighted by atomic mass is 9.84. The van der Waals surface area contributed by atoms with Gasteiger partial charge in [-0.25, -0.2) is 4.39 Å². The summed E-state index contributed by atoms with van der Waals surface area (Å²) in [6.45, 7) is 6.42. The molecule has 0 heterocycles. The molecule has 0 amide bonds. The fraction of sp³-hybridized carbons (Fsp3) is 0.154. The molecular formula is C78H79Cl2FOS8. The molecule has 0 aromatic heterocycles. The maximum Gasteiger partial charge on any atom is 0.123 e. The summed E-state index contributed by atoms with van der Waals surface area (Å²) >= 11 is 45.9. The van der Waals surface area contributed by atoms with Gasteiger partial charge in [-0.05, 0) is 147 Å². The first-order chi connectivity index (χ1) is 43.6. The first-order valence-electron chi connectivity index (χ1n) is 29.0. The van der Waals surface area contributed by atoms with E-state index in [9.17, 15) is 4.39 Å². The number of thiol groups is 8. The van der Waals surface area contributed by atoms with Crippen molar-refractivity contribution in [1.29, 1.82) is 0 Å². The molecular weight excluding hydrogens is 1300 g/mol. The Balaban J connectivity index is 0.000000191. The van der Waals surface area contributed by atoms with E-state index in [1.54, 1.807) is 19.2 Å². The summed E-state index contributed by atoms with van der Waals surface area (Å²) in [5.41, 5.74) is 20.1. The van der Waals surface area contributed by atoms with Crippen LogP contribution in [0.4, 0.5) is 4.39 Å². The van der Waals surface area contributed by atoms with Gasteiger partial charge in [-0.1, -0.05) is 265 Å². The minimum Gasteiger partial charge on any atom is -0.497 e. The normalized spacial score (nSPS) is 10.6. The van der Waals surface area contributed by atoms with Gasteiger partial charge in [0.2, 0.25) is 0 Å². The number of rotatable bonds is 10. The van der Waals surface area contributed by atoms with Crippen LogP contribution in [0.25, 0.3) is 11.1 Å². The number of hydrogen-bond acceptors (Lipinski definition) is 9. The molecule has 0 aliphatic heterocycles. The van der Waals surface area contributed by atoms with E-state index in [4.69, 9.17) is 40.6 Å². The molecule has 0 spiro atoms. The zero-order valence-electron chi connectivity index (χ0n) is 51.0. The maximum absolute atomic E-state index is 12.2. The topological polar surface area (TPSA) is 9.23 Å². The lowest BCUT2D eigenvalue weighted by Crippen LogP contribution is -2.22. The summed E-state index contributed by atoms with van der Waals surface area (Å²) in [7, 11) is 1.66. The maximum atomic E-state index is 12.2. The summed E-state index contributed by atoms with van der Waals surface area (Å²) < 4.78 is 16.8. The predicted molar refractivity (Wildman–Crippen MR) is 416 cm³/mol. The van der Waals surface area contributed by atoms with Gasteiger partial charge in [-0.2, -0.15) is 101 Å². The molecule has 1 aliphatic rings. The molecule has 0 unspecified atom stereocenters. The number of ether oxygens (including phenoxy) is 1. The molecule has 0 N–H and O–H groups in total. The molecule has 0 saturated carbocycles. The molecule has 12 heteroatoms. The van der Waals surface area contributed by atoms with E-state index >= 15 is 0 Å². The Kier molecular flexibility index (Phi) is 35.0. The first kappa shape index (κ1) is 75.3. The van der Waals surface area contributed by atoms with E-state index in [0.29, 0.717) is 11.5 Å². The summed E-state index contributed by atoms with van der Waals surface area (Å²) in [4.78, 5) is 0. The van der Waals surface area contributed by atoms with E-state index in [1.165, 1.54) is 90.0 Å². The van der Waals surface area contributed by atoms with Gasteiger partial charge in [0, 0.05) is 44.6 Å². The molecule has 0 fully saturated rings. The molecule has 11 aromatic carbocycles. The highest BCUT2D eigenvalue weighted by atomic mass is 35.5. The van der Waals surface area contributed by atoms with Crippen LogP contribution in [0, 0.1) is 26.6 Å². The van der Waals surface area contributed by atoms with E-state index in [-0.39, 0.29) is 11.1 Å². The van der Waals surface area contributed by atoms with Gasteiger partial charge in [-0.3, -0.25) is 0 Å². The van der Waals surface area contributed by atoms with Gasteiger partial charge in [0.05, 0.1) is 17.1 Å². The summed E-state index contributed by atoms with van der Waals surface area (Å²) in [5, 5.41) is 1.83. The highest BCUT2D eigenvalue weighted by Gasteiger charge is 2.32. The summed E-state index contributed by atoms with van der Waals surface area (Å²) in [5.74, 6) is 5.31. The van der Waals surface area contributed by atoms with Crippen molar-refractivity contribution < 1.29 is 9.13 Å². The van der Waals surface area contributed by atoms with Gasteiger partial charge in [0.25, 0.3) is 0 Å². The molecule has 0 radical (unpaired) electrons. The monoisotopic (exact) mass is 1380 g/mol. The fourth-order valence-electron chi connectivity index (χ4n) is 9.25. The Bertz CT molecular complexity index is 3520. The number of halogens is 3. The molecule has 0 saturated heterocycles. The molecule has 0 atom stereocenters. The second-order valence-corrected chi connectivity index (χ2v) is 24.3. The highest BCUT2D eigenvalue weighted by Crippen LogP contribution is 2.46. The molecule has 90 heavy (non-hydrogen) atoms. The van der Waals surface area contributed by atoms with Gasteiger partial charge in [0.1, 0.15) is 11.6 Å². The predicted octanol–water partition coefficient (Wildman–Crippen LogP) is 23.7. The number of hydrogen-bond donors (Lipinski definition) is 8. The van der Waals surface area contributed by atoms with Crippen molar-refractivity contribution >= 4 is 124 Å². The SMILES string of the molecule is COc1ccc(CS)cc1.Cc1cc(C)c(CS)c(C)c1.Fc1ccc(CS)cc1.SC(c1ccccc1)(c1ccccc1)c1ccccc1.SC1c2ccccc2-c2ccccc21.SCc1ccc(Cl)cc1.SCc1ccccc1.SCc1ccccc1Cl. The number of methoxy groups -OCH3 is 1. The Hall–Kier alpha value is -5.47. The molecule has 0 bridgehead atoms. The van der Waals surface area contributed by atoms with Gasteiger partial charge in [-0.15, -0.1) is 0 Å². The number of aryl methyl sites for hydroxylation is 3. The Morgan fingerprint density at radius 2 is 0.744 bits per heavy atom. The van der Waals surface area contributed by atoms with Crippen molar-refractivity contribution in [2.45, 2.75) is 65.3 Å². The minimum atomic E-state index is -0.427. The van der Waals surface area contributed by atoms with Gasteiger partial charge in [0.15, 0.2) is 0 Å². The van der Waals surface area contributed by atoms with Crippen LogP contribution in [-0.4, -0.2) is 7.11 Å². The second-order valence-electron chi connectivity index (χ2n) is 20.4. The van der Waals surface area contributed by atoms with Crippen molar-refractivity contribution in [2.75, 3.05) is 7.11 Å². The number of benzene rings is 11. The lowest BCUT2D eigenvalue weighted by molar-refractivity contribution is 0.414. The van der Waals surface area contributed by atoms with Crippen LogP contribution in [0.3, 0.4) is 0 Å². The Labute approximate surface area is 590 Å². The van der Waals surface area contributed by atoms with Crippen LogP contribution in [0.2, 0.25) is 10.0 Å². The largest absolute Gasteiger partial charge is 0.497 e. The zero-order valence-corrected chi connectivity index (χ0v) is 59.7. The van der Waals surface area contributed by atoms with Crippen molar-refractivity contribution in [3.05, 3.63) is 373 Å². The minimum absolute atomic E-state index is 0.194. The van der Waals surface area contributed by atoms with Crippen molar-refractivity contribution in [2.24, 2.45) is 0 Å². The van der Waals surface area contributed by atoms with E-state index in [1.807, 2.05) is 109 Å².